The minimum Gasteiger partial charge on any atom is -0.342 e. The molecule has 0 aliphatic carbocycles. The maximum absolute atomic E-state index is 5.80. The molecule has 0 saturated carbocycles. The smallest absolute Gasteiger partial charge is 0.133 e. The second-order valence-electron chi connectivity index (χ2n) is 12.0. The topological polar surface area (TPSA) is 15.6 Å². The third-order valence-corrected chi connectivity index (χ3v) is 11.5. The molecule has 2 atom stereocenters. The van der Waals surface area contributed by atoms with E-state index in [1.807, 2.05) is 0 Å². The van der Waals surface area contributed by atoms with Crippen molar-refractivity contribution in [2.45, 2.75) is 18.6 Å². The molecule has 1 aliphatic heterocycles. The summed E-state index contributed by atoms with van der Waals surface area (Å²) < 4.78 is 0. The molecular formula is C44H35N2P. The van der Waals surface area contributed by atoms with Crippen LogP contribution in [0.15, 0.2) is 193 Å². The lowest BCUT2D eigenvalue weighted by Crippen LogP contribution is -2.35. The van der Waals surface area contributed by atoms with Crippen molar-refractivity contribution in [2.75, 3.05) is 0 Å². The van der Waals surface area contributed by atoms with Crippen LogP contribution in [0.5, 0.6) is 0 Å². The number of hydrogen-bond acceptors (Lipinski definition) is 2. The van der Waals surface area contributed by atoms with Crippen LogP contribution in [0.3, 0.4) is 0 Å². The first-order chi connectivity index (χ1) is 23.3. The summed E-state index contributed by atoms with van der Waals surface area (Å²) in [5, 5.41) is 6.45. The van der Waals surface area contributed by atoms with Crippen molar-refractivity contribution < 1.29 is 0 Å². The number of amidine groups is 1. The Kier molecular flexibility index (Phi) is 8.18. The highest BCUT2D eigenvalue weighted by molar-refractivity contribution is 7.80. The fourth-order valence-electron chi connectivity index (χ4n) is 6.92. The normalized spacial score (nSPS) is 16.0. The summed E-state index contributed by atoms with van der Waals surface area (Å²) in [4.78, 5) is 8.38. The standard InChI is InChI=1S/C44H35N2P/c1-6-18-33(19-7-1)32-46-43(36-23-10-3-11-24-36)42(35-21-8-2-9-22-35)45-44(46)41-39-29-17-16-20-34(39)30-31-40(41)47(37-25-12-4-13-26-37)38-27-14-5-15-28-38/h1-31,42-43H,32H2/t42-,43-/m1/s1. The van der Waals surface area contributed by atoms with Crippen molar-refractivity contribution in [1.29, 1.82) is 0 Å². The van der Waals surface area contributed by atoms with E-state index in [-0.39, 0.29) is 12.1 Å². The first kappa shape index (κ1) is 29.1. The van der Waals surface area contributed by atoms with Gasteiger partial charge in [0, 0.05) is 12.1 Å². The molecule has 226 valence electrons. The van der Waals surface area contributed by atoms with Crippen molar-refractivity contribution in [1.82, 2.24) is 4.90 Å². The second-order valence-corrected chi connectivity index (χ2v) is 14.2. The van der Waals surface area contributed by atoms with Crippen molar-refractivity contribution >= 4 is 40.4 Å². The molecule has 0 saturated heterocycles. The van der Waals surface area contributed by atoms with Crippen LogP contribution in [-0.4, -0.2) is 10.7 Å². The van der Waals surface area contributed by atoms with Gasteiger partial charge in [-0.2, -0.15) is 0 Å². The van der Waals surface area contributed by atoms with Crippen LogP contribution in [0.25, 0.3) is 10.8 Å². The van der Waals surface area contributed by atoms with Crippen LogP contribution in [0.4, 0.5) is 0 Å². The Morgan fingerprint density at radius 2 is 1.00 bits per heavy atom. The van der Waals surface area contributed by atoms with E-state index in [1.54, 1.807) is 0 Å². The highest BCUT2D eigenvalue weighted by atomic mass is 31.1. The molecule has 1 aliphatic rings. The van der Waals surface area contributed by atoms with E-state index in [0.29, 0.717) is 0 Å². The van der Waals surface area contributed by atoms with Gasteiger partial charge in [0.25, 0.3) is 0 Å². The summed E-state index contributed by atoms with van der Waals surface area (Å²) in [6, 6.07) is 68.1. The van der Waals surface area contributed by atoms with Crippen molar-refractivity contribution in [3.63, 3.8) is 0 Å². The number of hydrogen-bond donors (Lipinski definition) is 0. The zero-order valence-electron chi connectivity index (χ0n) is 26.1. The average Bonchev–Trinajstić information content (AvgIpc) is 3.52. The van der Waals surface area contributed by atoms with Crippen LogP contribution in [0, 0.1) is 0 Å². The number of rotatable bonds is 8. The molecule has 2 nitrogen and oxygen atoms in total. The molecule has 3 heteroatoms. The third-order valence-electron chi connectivity index (χ3n) is 9.05. The summed E-state index contributed by atoms with van der Waals surface area (Å²) in [6.07, 6.45) is 0. The van der Waals surface area contributed by atoms with Gasteiger partial charge in [-0.25, -0.2) is 0 Å². The number of fused-ring (bicyclic) bond motifs is 1. The van der Waals surface area contributed by atoms with Crippen molar-refractivity contribution in [3.8, 4) is 0 Å². The summed E-state index contributed by atoms with van der Waals surface area (Å²) >= 11 is 0. The molecular weight excluding hydrogens is 587 g/mol. The fourth-order valence-corrected chi connectivity index (χ4v) is 9.39. The molecule has 7 aromatic carbocycles. The van der Waals surface area contributed by atoms with Crippen LogP contribution in [-0.2, 0) is 6.54 Å². The Morgan fingerprint density at radius 3 is 1.62 bits per heavy atom. The van der Waals surface area contributed by atoms with E-state index in [9.17, 15) is 0 Å². The highest BCUT2D eigenvalue weighted by Crippen LogP contribution is 2.46. The summed E-state index contributed by atoms with van der Waals surface area (Å²) in [7, 11) is -0.879. The molecule has 0 aromatic heterocycles. The van der Waals surface area contributed by atoms with Crippen LogP contribution >= 0.6 is 7.92 Å². The predicted octanol–water partition coefficient (Wildman–Crippen LogP) is 9.34. The summed E-state index contributed by atoms with van der Waals surface area (Å²) in [6.45, 7) is 0.750. The summed E-state index contributed by atoms with van der Waals surface area (Å²) in [5.74, 6) is 1.06. The van der Waals surface area contributed by atoms with Gasteiger partial charge in [0.1, 0.15) is 11.9 Å². The van der Waals surface area contributed by atoms with Gasteiger partial charge in [-0.3, -0.25) is 4.99 Å². The molecule has 0 amide bonds. The molecule has 47 heavy (non-hydrogen) atoms. The SMILES string of the molecule is c1ccc(CN2C(c3c(P(c4ccccc4)c4ccccc4)ccc4ccccc34)=N[C@H](c3ccccc3)[C@H]2c2ccccc2)cc1. The Labute approximate surface area is 278 Å². The van der Waals surface area contributed by atoms with Gasteiger partial charge in [-0.1, -0.05) is 188 Å². The minimum atomic E-state index is -0.879. The highest BCUT2D eigenvalue weighted by Gasteiger charge is 2.40. The zero-order chi connectivity index (χ0) is 31.4. The van der Waals surface area contributed by atoms with E-state index in [2.05, 4.69) is 193 Å². The molecule has 8 rings (SSSR count). The quantitative estimate of drug-likeness (QED) is 0.154. The van der Waals surface area contributed by atoms with Crippen LogP contribution < -0.4 is 15.9 Å². The maximum atomic E-state index is 5.80. The predicted molar refractivity (Wildman–Crippen MR) is 200 cm³/mol. The molecule has 1 heterocycles. The lowest BCUT2D eigenvalue weighted by molar-refractivity contribution is 0.305. The lowest BCUT2D eigenvalue weighted by atomic mass is 9.93. The largest absolute Gasteiger partial charge is 0.342 e. The van der Waals surface area contributed by atoms with Gasteiger partial charge in [0.15, 0.2) is 0 Å². The van der Waals surface area contributed by atoms with Crippen molar-refractivity contribution in [3.05, 3.63) is 210 Å². The Hall–Kier alpha value is -5.30. The Morgan fingerprint density at radius 1 is 0.489 bits per heavy atom. The number of benzene rings is 7. The number of nitrogens with zero attached hydrogens (tertiary/aromatic N) is 2. The lowest BCUT2D eigenvalue weighted by Gasteiger charge is -2.33. The Balaban J connectivity index is 1.42. The third kappa shape index (κ3) is 5.78. The molecule has 0 unspecified atom stereocenters. The van der Waals surface area contributed by atoms with Gasteiger partial charge in [0.05, 0.1) is 6.04 Å². The summed E-state index contributed by atoms with van der Waals surface area (Å²) in [5.41, 5.74) is 5.00. The van der Waals surface area contributed by atoms with E-state index < -0.39 is 7.92 Å². The first-order valence-electron chi connectivity index (χ1n) is 16.3. The maximum Gasteiger partial charge on any atom is 0.133 e. The molecule has 0 N–H and O–H groups in total. The molecule has 0 radical (unpaired) electrons. The van der Waals surface area contributed by atoms with Crippen LogP contribution in [0.2, 0.25) is 0 Å². The van der Waals surface area contributed by atoms with Gasteiger partial charge in [-0.05, 0) is 51.3 Å². The molecule has 0 fully saturated rings. The monoisotopic (exact) mass is 622 g/mol. The van der Waals surface area contributed by atoms with Gasteiger partial charge in [-0.15, -0.1) is 0 Å². The zero-order valence-corrected chi connectivity index (χ0v) is 27.0. The second kappa shape index (κ2) is 13.2. The van der Waals surface area contributed by atoms with Gasteiger partial charge < -0.3 is 4.90 Å². The van der Waals surface area contributed by atoms with Crippen molar-refractivity contribution in [2.24, 2.45) is 4.99 Å². The van der Waals surface area contributed by atoms with Crippen LogP contribution in [0.1, 0.15) is 34.3 Å². The number of aliphatic imine (C=N–C) groups is 1. The molecule has 7 aromatic rings. The first-order valence-corrected chi connectivity index (χ1v) is 17.6. The van der Waals surface area contributed by atoms with E-state index in [0.717, 1.165) is 12.4 Å². The fraction of sp³-hybridized carbons (Fsp3) is 0.0682. The van der Waals surface area contributed by atoms with E-state index in [1.165, 1.54) is 48.9 Å². The molecule has 0 bridgehead atoms. The molecule has 0 spiro atoms. The average molecular weight is 623 g/mol. The Bertz CT molecular complexity index is 2080. The van der Waals surface area contributed by atoms with Gasteiger partial charge in [0.2, 0.25) is 0 Å². The van der Waals surface area contributed by atoms with Gasteiger partial charge >= 0.3 is 0 Å². The minimum absolute atomic E-state index is 0.0281. The van der Waals surface area contributed by atoms with E-state index in [4.69, 9.17) is 4.99 Å². The van der Waals surface area contributed by atoms with E-state index >= 15 is 0 Å².